The van der Waals surface area contributed by atoms with Crippen LogP contribution in [0.4, 0.5) is 0 Å². The third kappa shape index (κ3) is 9.03. The molecule has 0 saturated heterocycles. The molecule has 0 unspecified atom stereocenters. The van der Waals surface area contributed by atoms with Crippen LogP contribution in [0, 0.1) is 0 Å². The van der Waals surface area contributed by atoms with Crippen molar-refractivity contribution in [2.24, 2.45) is 0 Å². The minimum absolute atomic E-state index is 1.11. The van der Waals surface area contributed by atoms with Gasteiger partial charge in [-0.3, -0.25) is 0 Å². The van der Waals surface area contributed by atoms with E-state index in [0.29, 0.717) is 0 Å². The van der Waals surface area contributed by atoms with Crippen LogP contribution in [0.2, 0.25) is 13.1 Å². The van der Waals surface area contributed by atoms with Crippen LogP contribution in [0.25, 0.3) is 0 Å². The Hall–Kier alpha value is -1.08. The SMILES string of the molecule is CCCCCCC/C=C/C/C=C(\CCCCC)[Si](C)(C)c1ccccc1. The van der Waals surface area contributed by atoms with Gasteiger partial charge in [0.05, 0.1) is 0 Å². The molecule has 0 bridgehead atoms. The molecule has 0 aliphatic heterocycles. The molecule has 1 rings (SSSR count). The van der Waals surface area contributed by atoms with Crippen molar-refractivity contribution in [1.29, 1.82) is 0 Å². The van der Waals surface area contributed by atoms with Gasteiger partial charge in [-0.05, 0) is 32.1 Å². The fraction of sp³-hybridized carbons (Fsp3) is 0.600. The summed E-state index contributed by atoms with van der Waals surface area (Å²) in [6.07, 6.45) is 21.9. The number of benzene rings is 1. The quantitative estimate of drug-likeness (QED) is 0.177. The van der Waals surface area contributed by atoms with Crippen LogP contribution in [0.15, 0.2) is 53.8 Å². The van der Waals surface area contributed by atoms with E-state index in [1.54, 1.807) is 10.4 Å². The van der Waals surface area contributed by atoms with Crippen LogP contribution in [0.5, 0.6) is 0 Å². The van der Waals surface area contributed by atoms with Crippen LogP contribution in [0.1, 0.15) is 84.5 Å². The first-order valence-electron chi connectivity index (χ1n) is 11.0. The highest BCUT2D eigenvalue weighted by Gasteiger charge is 2.27. The molecule has 0 saturated carbocycles. The molecule has 1 heteroatoms. The fourth-order valence-electron chi connectivity index (χ4n) is 3.57. The zero-order valence-corrected chi connectivity index (χ0v) is 18.9. The smallest absolute Gasteiger partial charge is 0.0882 e. The van der Waals surface area contributed by atoms with E-state index in [2.05, 4.69) is 75.5 Å². The molecule has 0 aromatic heterocycles. The molecule has 1 aromatic rings. The lowest BCUT2D eigenvalue weighted by Gasteiger charge is -2.27. The molecule has 0 amide bonds. The van der Waals surface area contributed by atoms with Crippen LogP contribution in [-0.4, -0.2) is 8.07 Å². The summed E-state index contributed by atoms with van der Waals surface area (Å²) in [6, 6.07) is 11.2. The summed E-state index contributed by atoms with van der Waals surface area (Å²) in [7, 11) is -1.52. The third-order valence-electron chi connectivity index (χ3n) is 5.49. The molecule has 0 spiro atoms. The third-order valence-corrected chi connectivity index (χ3v) is 9.33. The summed E-state index contributed by atoms with van der Waals surface area (Å²) in [5.41, 5.74) is 0. The van der Waals surface area contributed by atoms with Crippen molar-refractivity contribution < 1.29 is 0 Å². The molecule has 0 aliphatic rings. The summed E-state index contributed by atoms with van der Waals surface area (Å²) >= 11 is 0. The minimum Gasteiger partial charge on any atom is -0.0882 e. The monoisotopic (exact) mass is 370 g/mol. The maximum atomic E-state index is 2.56. The molecule has 0 atom stereocenters. The second kappa shape index (κ2) is 14.0. The van der Waals surface area contributed by atoms with Crippen LogP contribution in [-0.2, 0) is 0 Å². The predicted molar refractivity (Wildman–Crippen MR) is 123 cm³/mol. The lowest BCUT2D eigenvalue weighted by Crippen LogP contribution is -2.43. The van der Waals surface area contributed by atoms with Crippen molar-refractivity contribution in [1.82, 2.24) is 0 Å². The average Bonchev–Trinajstić information content (AvgIpc) is 2.66. The molecular weight excluding hydrogens is 328 g/mol. The highest BCUT2D eigenvalue weighted by atomic mass is 28.3. The molecule has 1 aromatic carbocycles. The first-order valence-corrected chi connectivity index (χ1v) is 14.0. The fourth-order valence-corrected chi connectivity index (χ4v) is 6.39. The Morgan fingerprint density at radius 1 is 0.808 bits per heavy atom. The van der Waals surface area contributed by atoms with Crippen molar-refractivity contribution >= 4 is 13.3 Å². The Kier molecular flexibility index (Phi) is 12.4. The van der Waals surface area contributed by atoms with E-state index in [-0.39, 0.29) is 0 Å². The topological polar surface area (TPSA) is 0 Å². The van der Waals surface area contributed by atoms with Gasteiger partial charge in [0.2, 0.25) is 0 Å². The first kappa shape index (κ1) is 23.0. The van der Waals surface area contributed by atoms with E-state index < -0.39 is 8.07 Å². The summed E-state index contributed by atoms with van der Waals surface area (Å²) in [5, 5.41) is 3.31. The Balaban J connectivity index is 2.60. The Bertz CT molecular complexity index is 510. The number of hydrogen-bond donors (Lipinski definition) is 0. The average molecular weight is 371 g/mol. The summed E-state index contributed by atoms with van der Waals surface area (Å²) in [4.78, 5) is 0. The van der Waals surface area contributed by atoms with Crippen molar-refractivity contribution in [3.8, 4) is 0 Å². The van der Waals surface area contributed by atoms with E-state index in [1.165, 1.54) is 64.2 Å². The maximum absolute atomic E-state index is 2.56. The molecule has 146 valence electrons. The maximum Gasteiger partial charge on any atom is 0.107 e. The zero-order valence-electron chi connectivity index (χ0n) is 17.9. The van der Waals surface area contributed by atoms with Crippen LogP contribution < -0.4 is 5.19 Å². The van der Waals surface area contributed by atoms with E-state index in [4.69, 9.17) is 0 Å². The largest absolute Gasteiger partial charge is 0.107 e. The van der Waals surface area contributed by atoms with Crippen LogP contribution >= 0.6 is 0 Å². The van der Waals surface area contributed by atoms with Gasteiger partial charge in [-0.2, -0.15) is 0 Å². The molecule has 0 fully saturated rings. The second-order valence-electron chi connectivity index (χ2n) is 8.09. The minimum atomic E-state index is -1.52. The first-order chi connectivity index (χ1) is 12.6. The molecule has 26 heavy (non-hydrogen) atoms. The lowest BCUT2D eigenvalue weighted by atomic mass is 10.1. The normalized spacial score (nSPS) is 12.8. The van der Waals surface area contributed by atoms with Crippen LogP contribution in [0.3, 0.4) is 0 Å². The van der Waals surface area contributed by atoms with Gasteiger partial charge in [0, 0.05) is 0 Å². The van der Waals surface area contributed by atoms with Crippen molar-refractivity contribution in [2.75, 3.05) is 0 Å². The van der Waals surface area contributed by atoms with Gasteiger partial charge in [-0.25, -0.2) is 0 Å². The van der Waals surface area contributed by atoms with Crippen molar-refractivity contribution in [3.05, 3.63) is 53.8 Å². The Labute approximate surface area is 164 Å². The predicted octanol–water partition coefficient (Wildman–Crippen LogP) is 7.95. The standard InChI is InChI=1S/C25H42Si/c1-5-7-9-10-11-12-13-14-17-21-24(20-16-8-6-2)26(3,4)25-22-18-15-19-23-25/h13-15,18-19,21-23H,5-12,16-17,20H2,1-4H3/b14-13+,24-21+. The molecule has 0 heterocycles. The highest BCUT2D eigenvalue weighted by molar-refractivity contribution is 6.95. The van der Waals surface area contributed by atoms with Gasteiger partial charge in [0.15, 0.2) is 0 Å². The summed E-state index contributed by atoms with van der Waals surface area (Å²) in [6.45, 7) is 9.63. The molecule has 0 N–H and O–H groups in total. The Morgan fingerprint density at radius 3 is 2.15 bits per heavy atom. The van der Waals surface area contributed by atoms with Gasteiger partial charge in [0.25, 0.3) is 0 Å². The molecule has 0 aliphatic carbocycles. The van der Waals surface area contributed by atoms with E-state index in [1.807, 2.05) is 0 Å². The van der Waals surface area contributed by atoms with Gasteiger partial charge >= 0.3 is 0 Å². The van der Waals surface area contributed by atoms with E-state index >= 15 is 0 Å². The highest BCUT2D eigenvalue weighted by Crippen LogP contribution is 2.22. The summed E-state index contributed by atoms with van der Waals surface area (Å²) in [5.74, 6) is 0. The van der Waals surface area contributed by atoms with Gasteiger partial charge in [-0.1, -0.05) is 124 Å². The summed E-state index contributed by atoms with van der Waals surface area (Å²) < 4.78 is 0. The van der Waals surface area contributed by atoms with Crippen molar-refractivity contribution in [3.63, 3.8) is 0 Å². The van der Waals surface area contributed by atoms with E-state index in [0.717, 1.165) is 6.42 Å². The number of unbranched alkanes of at least 4 members (excludes halogenated alkanes) is 7. The molecule has 0 nitrogen and oxygen atoms in total. The van der Waals surface area contributed by atoms with Crippen molar-refractivity contribution in [2.45, 2.75) is 97.6 Å². The van der Waals surface area contributed by atoms with E-state index in [9.17, 15) is 0 Å². The van der Waals surface area contributed by atoms with Gasteiger partial charge < -0.3 is 0 Å². The Morgan fingerprint density at radius 2 is 1.46 bits per heavy atom. The zero-order chi connectivity index (χ0) is 19.1. The second-order valence-corrected chi connectivity index (χ2v) is 12.6. The molecule has 0 radical (unpaired) electrons. The van der Waals surface area contributed by atoms with Gasteiger partial charge in [0.1, 0.15) is 8.07 Å². The molecular formula is C25H42Si. The number of allylic oxidation sites excluding steroid dienone is 4. The number of hydrogen-bond acceptors (Lipinski definition) is 0. The van der Waals surface area contributed by atoms with Gasteiger partial charge in [-0.15, -0.1) is 0 Å². The lowest BCUT2D eigenvalue weighted by molar-refractivity contribution is 0.637. The number of rotatable bonds is 14.